The number of aromatic nitrogens is 4. The molecular weight excluding hydrogens is 630 g/mol. The van der Waals surface area contributed by atoms with Crippen LogP contribution in [0.3, 0.4) is 0 Å². The zero-order valence-corrected chi connectivity index (χ0v) is 26.7. The lowest BCUT2D eigenvalue weighted by Gasteiger charge is -2.26. The third kappa shape index (κ3) is 7.71. The van der Waals surface area contributed by atoms with E-state index in [-0.39, 0.29) is 34.9 Å². The molecule has 45 heavy (non-hydrogen) atoms. The van der Waals surface area contributed by atoms with E-state index in [2.05, 4.69) is 25.0 Å². The molecule has 1 fully saturated rings. The molecule has 0 saturated heterocycles. The Bertz CT molecular complexity index is 1730. The summed E-state index contributed by atoms with van der Waals surface area (Å²) in [6.45, 7) is 6.57. The fourth-order valence-corrected chi connectivity index (χ4v) is 6.55. The summed E-state index contributed by atoms with van der Waals surface area (Å²) in [5.74, 6) is -0.886. The van der Waals surface area contributed by atoms with Gasteiger partial charge < -0.3 is 24.7 Å². The van der Waals surface area contributed by atoms with Crippen molar-refractivity contribution in [1.29, 1.82) is 0 Å². The SMILES string of the molecule is C[C@H](NP(=O)(OCC(OF)C(O)[C@@H]1CC1n1cnc2c(N)nc(Cl)nc21)Oc1cccc2ccccc12)C(=O)OCC(C)(C)C. The van der Waals surface area contributed by atoms with Crippen molar-refractivity contribution in [1.82, 2.24) is 24.6 Å². The molecule has 1 aliphatic rings. The van der Waals surface area contributed by atoms with Crippen LogP contribution in [0.4, 0.5) is 10.3 Å². The van der Waals surface area contributed by atoms with E-state index in [4.69, 9.17) is 31.1 Å². The van der Waals surface area contributed by atoms with E-state index in [1.165, 1.54) is 13.3 Å². The molecule has 1 saturated carbocycles. The number of aliphatic hydroxyl groups is 1. The Labute approximate surface area is 263 Å². The fourth-order valence-electron chi connectivity index (χ4n) is 4.86. The maximum atomic E-state index is 14.2. The van der Waals surface area contributed by atoms with Gasteiger partial charge in [0.05, 0.1) is 25.6 Å². The highest BCUT2D eigenvalue weighted by molar-refractivity contribution is 7.52. The number of esters is 1. The van der Waals surface area contributed by atoms with Crippen molar-refractivity contribution in [2.24, 2.45) is 11.3 Å². The number of hydrogen-bond acceptors (Lipinski definition) is 11. The Morgan fingerprint density at radius 2 is 1.98 bits per heavy atom. The molecule has 0 spiro atoms. The number of nitrogens with zero attached hydrogens (tertiary/aromatic N) is 4. The number of rotatable bonds is 13. The number of ether oxygens (including phenoxy) is 1. The van der Waals surface area contributed by atoms with Crippen LogP contribution in [-0.4, -0.2) is 62.1 Å². The lowest BCUT2D eigenvalue weighted by Crippen LogP contribution is -2.38. The molecule has 1 aliphatic carbocycles. The minimum Gasteiger partial charge on any atom is -0.464 e. The first kappa shape index (κ1) is 33.0. The summed E-state index contributed by atoms with van der Waals surface area (Å²) in [5.41, 5.74) is 6.30. The number of anilines is 1. The van der Waals surface area contributed by atoms with Gasteiger partial charge in [-0.2, -0.15) is 20.0 Å². The van der Waals surface area contributed by atoms with Crippen LogP contribution < -0.4 is 15.3 Å². The molecule has 5 rings (SSSR count). The molecule has 16 heteroatoms. The standard InChI is InChI=1S/C29H35ClFN6O7P/c1-16(27(39)41-14-29(2,3)4)36-45(40,44-21-11-7-9-17-8-5-6-10-18(17)21)42-13-22(43-31)24(38)19-12-20(19)37-15-33-23-25(32)34-28(30)35-26(23)37/h5-11,15-16,19-20,22,24,38H,12-14H2,1-4H3,(H,36,40)(H2,32,34,35)/t16-,19+,20?,22?,24?,45?/m0/s1. The number of benzene rings is 2. The van der Waals surface area contributed by atoms with E-state index < -0.39 is 44.5 Å². The molecule has 0 amide bonds. The van der Waals surface area contributed by atoms with Gasteiger partial charge in [-0.15, -0.1) is 0 Å². The maximum absolute atomic E-state index is 14.2. The van der Waals surface area contributed by atoms with Gasteiger partial charge in [0.2, 0.25) is 5.28 Å². The largest absolute Gasteiger partial charge is 0.464 e. The summed E-state index contributed by atoms with van der Waals surface area (Å²) < 4.78 is 46.6. The van der Waals surface area contributed by atoms with Crippen molar-refractivity contribution in [2.75, 3.05) is 18.9 Å². The van der Waals surface area contributed by atoms with E-state index in [0.717, 1.165) is 5.39 Å². The summed E-state index contributed by atoms with van der Waals surface area (Å²) in [6.07, 6.45) is -1.05. The summed E-state index contributed by atoms with van der Waals surface area (Å²) in [4.78, 5) is 29.1. The number of nitrogens with two attached hydrogens (primary N) is 1. The zero-order valence-electron chi connectivity index (χ0n) is 25.1. The molecule has 2 aromatic carbocycles. The maximum Gasteiger partial charge on any atom is 0.459 e. The second kappa shape index (κ2) is 13.1. The van der Waals surface area contributed by atoms with Gasteiger partial charge in [-0.05, 0) is 46.3 Å². The number of hydrogen-bond donors (Lipinski definition) is 3. The van der Waals surface area contributed by atoms with Gasteiger partial charge in [-0.3, -0.25) is 9.32 Å². The topological polar surface area (TPSA) is 173 Å². The number of carbonyl (C=O) groups excluding carboxylic acids is 1. The van der Waals surface area contributed by atoms with Gasteiger partial charge in [0.15, 0.2) is 11.5 Å². The monoisotopic (exact) mass is 664 g/mol. The number of nitrogens with one attached hydrogen (secondary N) is 1. The Morgan fingerprint density at radius 1 is 1.24 bits per heavy atom. The number of fused-ring (bicyclic) bond motifs is 2. The van der Waals surface area contributed by atoms with Crippen molar-refractivity contribution in [3.05, 3.63) is 54.1 Å². The molecule has 4 N–H and O–H groups in total. The number of nitrogen functional groups attached to an aromatic ring is 1. The van der Waals surface area contributed by atoms with Crippen LogP contribution in [-0.2, 0) is 23.6 Å². The molecule has 2 heterocycles. The van der Waals surface area contributed by atoms with Crippen LogP contribution in [0, 0.1) is 11.3 Å². The van der Waals surface area contributed by atoms with Crippen molar-refractivity contribution >= 4 is 53.1 Å². The third-order valence-electron chi connectivity index (χ3n) is 7.25. The summed E-state index contributed by atoms with van der Waals surface area (Å²) in [7, 11) is -4.41. The van der Waals surface area contributed by atoms with E-state index in [1.54, 1.807) is 28.8 Å². The Morgan fingerprint density at radius 3 is 2.71 bits per heavy atom. The van der Waals surface area contributed by atoms with Gasteiger partial charge in [0.1, 0.15) is 23.4 Å². The highest BCUT2D eigenvalue weighted by Gasteiger charge is 2.49. The number of aliphatic hydroxyl groups excluding tert-OH is 1. The molecule has 2 aromatic heterocycles. The molecular formula is C29H35ClFN6O7P. The van der Waals surface area contributed by atoms with Crippen molar-refractivity contribution in [3.63, 3.8) is 0 Å². The van der Waals surface area contributed by atoms with Crippen LogP contribution in [0.5, 0.6) is 5.75 Å². The van der Waals surface area contributed by atoms with Crippen molar-refractivity contribution in [3.8, 4) is 5.75 Å². The number of halogens is 2. The Kier molecular flexibility index (Phi) is 9.64. The first-order valence-corrected chi connectivity index (χ1v) is 16.2. The van der Waals surface area contributed by atoms with Gasteiger partial charge in [-0.1, -0.05) is 57.2 Å². The first-order valence-electron chi connectivity index (χ1n) is 14.3. The summed E-state index contributed by atoms with van der Waals surface area (Å²) in [6, 6.07) is 10.9. The molecule has 4 unspecified atom stereocenters. The Balaban J connectivity index is 1.32. The van der Waals surface area contributed by atoms with Crippen LogP contribution in [0.15, 0.2) is 48.8 Å². The molecule has 242 valence electrons. The van der Waals surface area contributed by atoms with E-state index in [0.29, 0.717) is 23.0 Å². The third-order valence-corrected chi connectivity index (χ3v) is 9.05. The number of imidazole rings is 1. The highest BCUT2D eigenvalue weighted by Crippen LogP contribution is 2.50. The van der Waals surface area contributed by atoms with Gasteiger partial charge in [0, 0.05) is 17.3 Å². The van der Waals surface area contributed by atoms with E-state index >= 15 is 0 Å². The van der Waals surface area contributed by atoms with E-state index in [1.807, 2.05) is 39.0 Å². The second-order valence-electron chi connectivity index (χ2n) is 12.2. The molecule has 0 aliphatic heterocycles. The lowest BCUT2D eigenvalue weighted by atomic mass is 9.99. The second-order valence-corrected chi connectivity index (χ2v) is 14.2. The average Bonchev–Trinajstić information content (AvgIpc) is 3.66. The first-order chi connectivity index (χ1) is 21.3. The molecule has 4 aromatic rings. The van der Waals surface area contributed by atoms with Gasteiger partial charge in [0.25, 0.3) is 0 Å². The van der Waals surface area contributed by atoms with Gasteiger partial charge >= 0.3 is 13.7 Å². The van der Waals surface area contributed by atoms with Crippen molar-refractivity contribution in [2.45, 2.75) is 58.4 Å². The number of carbonyl (C=O) groups is 1. The predicted octanol–water partition coefficient (Wildman–Crippen LogP) is 5.18. The fraction of sp³-hybridized carbons (Fsp3) is 0.448. The minimum absolute atomic E-state index is 0.0659. The zero-order chi connectivity index (χ0) is 32.5. The van der Waals surface area contributed by atoms with Crippen LogP contribution in [0.25, 0.3) is 21.9 Å². The minimum atomic E-state index is -4.41. The van der Waals surface area contributed by atoms with Crippen LogP contribution >= 0.6 is 19.3 Å². The smallest absolute Gasteiger partial charge is 0.459 e. The molecule has 0 bridgehead atoms. The van der Waals surface area contributed by atoms with Crippen LogP contribution in [0.1, 0.15) is 40.2 Å². The quantitative estimate of drug-likeness (QED) is 0.0973. The summed E-state index contributed by atoms with van der Waals surface area (Å²) in [5, 5.41) is 15.0. The normalized spacial score (nSPS) is 20.0. The van der Waals surface area contributed by atoms with Crippen LogP contribution in [0.2, 0.25) is 5.28 Å². The average molecular weight is 665 g/mol. The Hall–Kier alpha value is -3.39. The lowest BCUT2D eigenvalue weighted by molar-refractivity contribution is -0.220. The predicted molar refractivity (Wildman–Crippen MR) is 165 cm³/mol. The van der Waals surface area contributed by atoms with Gasteiger partial charge in [-0.25, -0.2) is 9.55 Å². The molecule has 6 atom stereocenters. The molecule has 0 radical (unpaired) electrons. The summed E-state index contributed by atoms with van der Waals surface area (Å²) >= 11 is 5.96. The van der Waals surface area contributed by atoms with Crippen molar-refractivity contribution < 1.29 is 37.7 Å². The molecule has 13 nitrogen and oxygen atoms in total. The highest BCUT2D eigenvalue weighted by atomic mass is 35.5. The van der Waals surface area contributed by atoms with E-state index in [9.17, 15) is 19.0 Å².